The van der Waals surface area contributed by atoms with Crippen molar-refractivity contribution < 1.29 is 19.5 Å². The monoisotopic (exact) mass is 381 g/mol. The molecule has 4 N–H and O–H groups in total. The molecule has 1 fully saturated rings. The van der Waals surface area contributed by atoms with Gasteiger partial charge in [0.15, 0.2) is 0 Å². The molecule has 0 aliphatic carbocycles. The van der Waals surface area contributed by atoms with Gasteiger partial charge in [-0.3, -0.25) is 19.7 Å². The summed E-state index contributed by atoms with van der Waals surface area (Å²) in [6.07, 6.45) is 0.310. The molecule has 0 unspecified atom stereocenters. The van der Waals surface area contributed by atoms with Crippen LogP contribution in [0, 0.1) is 0 Å². The van der Waals surface area contributed by atoms with Gasteiger partial charge in [-0.05, 0) is 18.1 Å². The predicted molar refractivity (Wildman–Crippen MR) is 103 cm³/mol. The van der Waals surface area contributed by atoms with E-state index in [0.29, 0.717) is 6.42 Å². The van der Waals surface area contributed by atoms with E-state index in [-0.39, 0.29) is 11.9 Å². The van der Waals surface area contributed by atoms with Crippen molar-refractivity contribution in [3.05, 3.63) is 71.8 Å². The molecule has 3 rings (SSSR count). The minimum Gasteiger partial charge on any atom is -0.480 e. The lowest BCUT2D eigenvalue weighted by molar-refractivity contribution is -0.137. The van der Waals surface area contributed by atoms with E-state index >= 15 is 0 Å². The molecule has 2 aromatic rings. The van der Waals surface area contributed by atoms with E-state index in [1.807, 2.05) is 67.6 Å². The summed E-state index contributed by atoms with van der Waals surface area (Å²) in [5.74, 6) is -1.89. The average molecular weight is 381 g/mol. The fourth-order valence-electron chi connectivity index (χ4n) is 3.04. The fraction of sp³-hybridized carbons (Fsp3) is 0.286. The Balaban J connectivity index is 1.69. The smallest absolute Gasteiger partial charge is 0.322 e. The highest BCUT2D eigenvalue weighted by atomic mass is 16.4. The van der Waals surface area contributed by atoms with Gasteiger partial charge in [-0.1, -0.05) is 60.7 Å². The van der Waals surface area contributed by atoms with Crippen LogP contribution in [0.3, 0.4) is 0 Å². The van der Waals surface area contributed by atoms with Crippen LogP contribution in [0.15, 0.2) is 60.7 Å². The van der Waals surface area contributed by atoms with Gasteiger partial charge in [0.25, 0.3) is 0 Å². The van der Waals surface area contributed by atoms with Crippen LogP contribution >= 0.6 is 0 Å². The third-order valence-corrected chi connectivity index (χ3v) is 4.71. The fourth-order valence-corrected chi connectivity index (χ4v) is 3.04. The third-order valence-electron chi connectivity index (χ3n) is 4.71. The number of amides is 2. The Kier molecular flexibility index (Phi) is 6.06. The van der Waals surface area contributed by atoms with Crippen LogP contribution in [0.1, 0.15) is 24.1 Å². The number of hydrogen-bond acceptors (Lipinski definition) is 4. The molecule has 0 aromatic heterocycles. The number of carboxylic acids is 1. The Morgan fingerprint density at radius 2 is 1.57 bits per heavy atom. The molecule has 0 spiro atoms. The molecule has 2 amide bonds. The first-order chi connectivity index (χ1) is 13.5. The molecule has 2 aromatic carbocycles. The molecule has 1 saturated heterocycles. The molecule has 0 radical (unpaired) electrons. The second-order valence-corrected chi connectivity index (χ2v) is 6.85. The zero-order chi connectivity index (χ0) is 20.1. The number of benzene rings is 2. The van der Waals surface area contributed by atoms with Crippen LogP contribution in [0.5, 0.6) is 0 Å². The lowest BCUT2D eigenvalue weighted by atomic mass is 10.0. The van der Waals surface area contributed by atoms with Gasteiger partial charge in [-0.2, -0.15) is 0 Å². The van der Waals surface area contributed by atoms with Crippen molar-refractivity contribution in [3.8, 4) is 0 Å². The summed E-state index contributed by atoms with van der Waals surface area (Å²) < 4.78 is 0. The van der Waals surface area contributed by atoms with Crippen LogP contribution in [0.2, 0.25) is 0 Å². The molecule has 0 saturated carbocycles. The largest absolute Gasteiger partial charge is 0.480 e. The van der Waals surface area contributed by atoms with E-state index in [2.05, 4.69) is 16.0 Å². The maximum atomic E-state index is 12.9. The van der Waals surface area contributed by atoms with Crippen LogP contribution < -0.4 is 16.0 Å². The lowest BCUT2D eigenvalue weighted by Gasteiger charge is -2.22. The zero-order valence-electron chi connectivity index (χ0n) is 15.5. The van der Waals surface area contributed by atoms with Gasteiger partial charge >= 0.3 is 5.97 Å². The van der Waals surface area contributed by atoms with E-state index in [1.54, 1.807) is 0 Å². The molecule has 28 heavy (non-hydrogen) atoms. The predicted octanol–water partition coefficient (Wildman–Crippen LogP) is 1.02. The van der Waals surface area contributed by atoms with Gasteiger partial charge in [0.05, 0.1) is 6.04 Å². The average Bonchev–Trinajstić information content (AvgIpc) is 3.50. The van der Waals surface area contributed by atoms with E-state index in [1.165, 1.54) is 0 Å². The van der Waals surface area contributed by atoms with Crippen molar-refractivity contribution in [2.75, 3.05) is 0 Å². The van der Waals surface area contributed by atoms with E-state index in [4.69, 9.17) is 5.11 Å². The first-order valence-corrected chi connectivity index (χ1v) is 9.14. The maximum absolute atomic E-state index is 12.9. The standard InChI is InChI=1S/C21H23N3O4/c1-13(15-10-6-3-7-11-15)22-19(25)16(12-14-8-4-2-5-9-14)23-20(26)17-18(24-17)21(27)28/h2-11,13,16-18,24H,12H2,1H3,(H,22,25)(H,23,26)(H,27,28)/t13-,16-,17-,18-/m0/s1. The minimum absolute atomic E-state index is 0.227. The van der Waals surface area contributed by atoms with Crippen LogP contribution in [0.4, 0.5) is 0 Å². The highest BCUT2D eigenvalue weighted by Crippen LogP contribution is 2.14. The summed E-state index contributed by atoms with van der Waals surface area (Å²) in [4.78, 5) is 36.2. The van der Waals surface area contributed by atoms with E-state index in [0.717, 1.165) is 11.1 Å². The lowest BCUT2D eigenvalue weighted by Crippen LogP contribution is -2.50. The van der Waals surface area contributed by atoms with Crippen LogP contribution in [-0.4, -0.2) is 41.0 Å². The minimum atomic E-state index is -1.08. The van der Waals surface area contributed by atoms with Crippen molar-refractivity contribution in [2.45, 2.75) is 37.5 Å². The van der Waals surface area contributed by atoms with Crippen LogP contribution in [0.25, 0.3) is 0 Å². The number of rotatable bonds is 8. The van der Waals surface area contributed by atoms with E-state index < -0.39 is 30.0 Å². The Hall–Kier alpha value is -3.19. The first-order valence-electron chi connectivity index (χ1n) is 9.14. The van der Waals surface area contributed by atoms with Crippen molar-refractivity contribution >= 4 is 17.8 Å². The highest BCUT2D eigenvalue weighted by Gasteiger charge is 2.48. The van der Waals surface area contributed by atoms with Gasteiger partial charge in [0.1, 0.15) is 18.1 Å². The number of hydrogen-bond donors (Lipinski definition) is 4. The van der Waals surface area contributed by atoms with Gasteiger partial charge < -0.3 is 15.7 Å². The second-order valence-electron chi connectivity index (χ2n) is 6.85. The zero-order valence-corrected chi connectivity index (χ0v) is 15.5. The number of nitrogens with one attached hydrogen (secondary N) is 3. The van der Waals surface area contributed by atoms with Gasteiger partial charge in [-0.15, -0.1) is 0 Å². The normalized spacial score (nSPS) is 19.9. The summed E-state index contributed by atoms with van der Waals surface area (Å²) in [7, 11) is 0. The Labute approximate surface area is 163 Å². The first kappa shape index (κ1) is 19.6. The SMILES string of the molecule is C[C@H](NC(=O)[C@H](Cc1ccccc1)NC(=O)[C@H]1N[C@@H]1C(=O)O)c1ccccc1. The van der Waals surface area contributed by atoms with Crippen molar-refractivity contribution in [1.29, 1.82) is 0 Å². The molecule has 1 heterocycles. The van der Waals surface area contributed by atoms with Crippen molar-refractivity contribution in [1.82, 2.24) is 16.0 Å². The molecule has 7 nitrogen and oxygen atoms in total. The summed E-state index contributed by atoms with van der Waals surface area (Å²) in [5.41, 5.74) is 1.85. The molecule has 1 aliphatic heterocycles. The van der Waals surface area contributed by atoms with Gasteiger partial charge in [-0.25, -0.2) is 0 Å². The number of carbonyl (C=O) groups excluding carboxylic acids is 2. The number of carboxylic acid groups (broad SMARTS) is 1. The Morgan fingerprint density at radius 3 is 2.14 bits per heavy atom. The number of carbonyl (C=O) groups is 3. The Bertz CT molecular complexity index is 841. The van der Waals surface area contributed by atoms with Gasteiger partial charge in [0, 0.05) is 6.42 Å². The van der Waals surface area contributed by atoms with Gasteiger partial charge in [0.2, 0.25) is 11.8 Å². The maximum Gasteiger partial charge on any atom is 0.322 e. The summed E-state index contributed by atoms with van der Waals surface area (Å²) in [6.45, 7) is 1.87. The van der Waals surface area contributed by atoms with Crippen molar-refractivity contribution in [3.63, 3.8) is 0 Å². The van der Waals surface area contributed by atoms with E-state index in [9.17, 15) is 14.4 Å². The summed E-state index contributed by atoms with van der Waals surface area (Å²) in [6, 6.07) is 16.1. The quantitative estimate of drug-likeness (QED) is 0.509. The molecule has 146 valence electrons. The second kappa shape index (κ2) is 8.67. The molecular weight excluding hydrogens is 358 g/mol. The molecule has 7 heteroatoms. The van der Waals surface area contributed by atoms with Crippen LogP contribution in [-0.2, 0) is 20.8 Å². The topological polar surface area (TPSA) is 117 Å². The molecule has 1 aliphatic rings. The highest BCUT2D eigenvalue weighted by molar-refractivity contribution is 5.97. The Morgan fingerprint density at radius 1 is 0.964 bits per heavy atom. The number of aliphatic carboxylic acids is 1. The molecule has 4 atom stereocenters. The summed E-state index contributed by atoms with van der Waals surface area (Å²) >= 11 is 0. The third kappa shape index (κ3) is 4.95. The molecule has 0 bridgehead atoms. The summed E-state index contributed by atoms with van der Waals surface area (Å²) in [5, 5.41) is 17.2. The van der Waals surface area contributed by atoms with Crippen molar-refractivity contribution in [2.24, 2.45) is 0 Å². The molecular formula is C21H23N3O4.